The van der Waals surface area contributed by atoms with E-state index in [-0.39, 0.29) is 31.4 Å². The monoisotopic (exact) mass is 305 g/mol. The summed E-state index contributed by atoms with van der Waals surface area (Å²) < 4.78 is 39.3. The number of amides is 1. The summed E-state index contributed by atoms with van der Waals surface area (Å²) >= 11 is 0. The molecule has 1 amide bonds. The van der Waals surface area contributed by atoms with Crippen molar-refractivity contribution in [2.45, 2.75) is 45.6 Å². The van der Waals surface area contributed by atoms with Crippen LogP contribution in [0.15, 0.2) is 0 Å². The summed E-state index contributed by atoms with van der Waals surface area (Å²) in [5.41, 5.74) is -0.760. The van der Waals surface area contributed by atoms with Gasteiger partial charge in [-0.1, -0.05) is 6.92 Å². The van der Waals surface area contributed by atoms with Crippen LogP contribution in [0.3, 0.4) is 0 Å². The number of carbonyl (C=O) groups excluding carboxylic acids is 1. The van der Waals surface area contributed by atoms with E-state index in [4.69, 9.17) is 0 Å². The van der Waals surface area contributed by atoms with Crippen LogP contribution >= 0.6 is 0 Å². The van der Waals surface area contributed by atoms with Gasteiger partial charge < -0.3 is 14.8 Å². The Morgan fingerprint density at radius 2 is 1.95 bits per heavy atom. The molecule has 0 spiro atoms. The first-order valence-electron chi connectivity index (χ1n) is 6.70. The molecule has 0 bridgehead atoms. The van der Waals surface area contributed by atoms with Crippen LogP contribution in [-0.2, 0) is 24.1 Å². The van der Waals surface area contributed by atoms with Crippen molar-refractivity contribution in [3.63, 3.8) is 0 Å². The fraction of sp³-hybridized carbons (Fsp3) is 0.750. The minimum atomic E-state index is -4.53. The molecule has 0 radical (unpaired) electrons. The van der Waals surface area contributed by atoms with Crippen LogP contribution in [0.5, 0.6) is 0 Å². The highest BCUT2D eigenvalue weighted by Crippen LogP contribution is 2.29. The van der Waals surface area contributed by atoms with Crippen LogP contribution < -0.4 is 5.32 Å². The van der Waals surface area contributed by atoms with Crippen LogP contribution in [-0.4, -0.2) is 44.2 Å². The molecule has 6 nitrogen and oxygen atoms in total. The Morgan fingerprint density at radius 1 is 1.29 bits per heavy atom. The zero-order valence-corrected chi connectivity index (χ0v) is 12.2. The molecule has 0 saturated carbocycles. The topological polar surface area (TPSA) is 63.1 Å². The van der Waals surface area contributed by atoms with Crippen molar-refractivity contribution in [3.05, 3.63) is 11.6 Å². The summed E-state index contributed by atoms with van der Waals surface area (Å²) in [5.74, 6) is -1.00. The number of rotatable bonds is 3. The quantitative estimate of drug-likeness (QED) is 0.906. The molecule has 2 rings (SSSR count). The van der Waals surface area contributed by atoms with Gasteiger partial charge in [-0.25, -0.2) is 0 Å². The van der Waals surface area contributed by atoms with Crippen molar-refractivity contribution in [1.29, 1.82) is 0 Å². The van der Waals surface area contributed by atoms with E-state index >= 15 is 0 Å². The molecule has 0 aliphatic carbocycles. The number of alkyl halides is 3. The van der Waals surface area contributed by atoms with E-state index in [1.165, 1.54) is 4.90 Å². The number of hydrogen-bond acceptors (Lipinski definition) is 4. The lowest BCUT2D eigenvalue weighted by molar-refractivity contribution is -0.148. The molecular weight excluding hydrogens is 287 g/mol. The molecule has 0 saturated heterocycles. The normalized spacial score (nSPS) is 16.0. The SMILES string of the molecule is CCNC(C)(C)C(=O)N1CCn2c(nnc2C(F)(F)F)C1. The lowest BCUT2D eigenvalue weighted by Crippen LogP contribution is -2.55. The van der Waals surface area contributed by atoms with Gasteiger partial charge in [0.15, 0.2) is 5.82 Å². The second-order valence-corrected chi connectivity index (χ2v) is 5.47. The van der Waals surface area contributed by atoms with Crippen LogP contribution in [0.25, 0.3) is 0 Å². The van der Waals surface area contributed by atoms with Gasteiger partial charge in [-0.05, 0) is 20.4 Å². The molecule has 0 unspecified atom stereocenters. The molecular formula is C12H18F3N5O. The van der Waals surface area contributed by atoms with Gasteiger partial charge in [-0.15, -0.1) is 10.2 Å². The highest BCUT2D eigenvalue weighted by atomic mass is 19.4. The molecule has 1 aliphatic heterocycles. The molecule has 1 aromatic rings. The molecule has 1 N–H and O–H groups in total. The van der Waals surface area contributed by atoms with E-state index in [0.717, 1.165) is 4.57 Å². The van der Waals surface area contributed by atoms with Crippen molar-refractivity contribution in [1.82, 2.24) is 25.0 Å². The van der Waals surface area contributed by atoms with Gasteiger partial charge in [0.25, 0.3) is 0 Å². The van der Waals surface area contributed by atoms with Gasteiger partial charge in [0.2, 0.25) is 11.7 Å². The number of hydrogen-bond donors (Lipinski definition) is 1. The van der Waals surface area contributed by atoms with E-state index in [0.29, 0.717) is 6.54 Å². The number of aromatic nitrogens is 3. The average molecular weight is 305 g/mol. The van der Waals surface area contributed by atoms with E-state index in [2.05, 4.69) is 15.5 Å². The molecule has 0 atom stereocenters. The van der Waals surface area contributed by atoms with Gasteiger partial charge in [0.1, 0.15) is 0 Å². The highest BCUT2D eigenvalue weighted by Gasteiger charge is 2.41. The Labute approximate surface area is 120 Å². The molecule has 1 aromatic heterocycles. The third kappa shape index (κ3) is 3.02. The standard InChI is InChI=1S/C12H18F3N5O/c1-4-16-11(2,3)10(21)19-5-6-20-8(7-19)17-18-9(20)12(13,14)15/h16H,4-7H2,1-3H3. The third-order valence-electron chi connectivity index (χ3n) is 3.45. The Kier molecular flexibility index (Phi) is 3.96. The Hall–Kier alpha value is -1.64. The maximum absolute atomic E-state index is 12.7. The number of nitrogens with one attached hydrogen (secondary N) is 1. The van der Waals surface area contributed by atoms with Crippen molar-refractivity contribution in [2.75, 3.05) is 13.1 Å². The fourth-order valence-electron chi connectivity index (χ4n) is 2.45. The van der Waals surface area contributed by atoms with Gasteiger partial charge in [0.05, 0.1) is 12.1 Å². The molecule has 21 heavy (non-hydrogen) atoms. The Morgan fingerprint density at radius 3 is 2.52 bits per heavy atom. The average Bonchev–Trinajstić information content (AvgIpc) is 2.80. The Balaban J connectivity index is 2.18. The van der Waals surface area contributed by atoms with Crippen LogP contribution in [0.4, 0.5) is 13.2 Å². The lowest BCUT2D eigenvalue weighted by Gasteiger charge is -2.34. The van der Waals surface area contributed by atoms with Crippen LogP contribution in [0.1, 0.15) is 32.4 Å². The number of carbonyl (C=O) groups is 1. The minimum Gasteiger partial charge on any atom is -0.332 e. The smallest absolute Gasteiger partial charge is 0.332 e. The fourth-order valence-corrected chi connectivity index (χ4v) is 2.45. The summed E-state index contributed by atoms with van der Waals surface area (Å²) in [6, 6.07) is 0. The molecule has 0 aromatic carbocycles. The van der Waals surface area contributed by atoms with E-state index < -0.39 is 17.5 Å². The van der Waals surface area contributed by atoms with Crippen molar-refractivity contribution >= 4 is 5.91 Å². The largest absolute Gasteiger partial charge is 0.451 e. The molecule has 1 aliphatic rings. The predicted octanol–water partition coefficient (Wildman–Crippen LogP) is 1.03. The van der Waals surface area contributed by atoms with Crippen molar-refractivity contribution in [2.24, 2.45) is 0 Å². The first-order chi connectivity index (χ1) is 9.66. The van der Waals surface area contributed by atoms with E-state index in [1.54, 1.807) is 13.8 Å². The van der Waals surface area contributed by atoms with Gasteiger partial charge >= 0.3 is 6.18 Å². The predicted molar refractivity (Wildman–Crippen MR) is 68.2 cm³/mol. The number of likely N-dealkylation sites (N-methyl/N-ethyl adjacent to an activating group) is 1. The second kappa shape index (κ2) is 5.28. The molecule has 9 heteroatoms. The minimum absolute atomic E-state index is 0.0384. The van der Waals surface area contributed by atoms with Crippen molar-refractivity contribution < 1.29 is 18.0 Å². The van der Waals surface area contributed by atoms with Crippen molar-refractivity contribution in [3.8, 4) is 0 Å². The third-order valence-corrected chi connectivity index (χ3v) is 3.45. The number of halogens is 3. The first kappa shape index (κ1) is 15.7. The summed E-state index contributed by atoms with van der Waals surface area (Å²) in [5, 5.41) is 9.82. The number of nitrogens with zero attached hydrogens (tertiary/aromatic N) is 4. The lowest BCUT2D eigenvalue weighted by atomic mass is 10.0. The summed E-state index contributed by atoms with van der Waals surface area (Å²) in [6.45, 7) is 6.31. The second-order valence-electron chi connectivity index (χ2n) is 5.47. The summed E-state index contributed by atoms with van der Waals surface area (Å²) in [7, 11) is 0. The van der Waals surface area contributed by atoms with Gasteiger partial charge in [-0.2, -0.15) is 13.2 Å². The van der Waals surface area contributed by atoms with E-state index in [1.807, 2.05) is 6.92 Å². The van der Waals surface area contributed by atoms with Crippen LogP contribution in [0, 0.1) is 0 Å². The maximum Gasteiger partial charge on any atom is 0.451 e. The van der Waals surface area contributed by atoms with Gasteiger partial charge in [-0.3, -0.25) is 4.79 Å². The molecule has 0 fully saturated rings. The highest BCUT2D eigenvalue weighted by molar-refractivity contribution is 5.85. The van der Waals surface area contributed by atoms with Gasteiger partial charge in [0, 0.05) is 13.1 Å². The Bertz CT molecular complexity index is 537. The maximum atomic E-state index is 12.7. The zero-order chi connectivity index (χ0) is 15.8. The molecule has 118 valence electrons. The van der Waals surface area contributed by atoms with E-state index in [9.17, 15) is 18.0 Å². The first-order valence-corrected chi connectivity index (χ1v) is 6.70. The zero-order valence-electron chi connectivity index (χ0n) is 12.2. The molecule has 2 heterocycles. The number of fused-ring (bicyclic) bond motifs is 1. The summed E-state index contributed by atoms with van der Waals surface area (Å²) in [4.78, 5) is 13.9. The summed E-state index contributed by atoms with van der Waals surface area (Å²) in [6.07, 6.45) is -4.53. The van der Waals surface area contributed by atoms with Crippen LogP contribution in [0.2, 0.25) is 0 Å².